The number of hydrogen-bond donors (Lipinski definition) is 1. The molecule has 0 saturated carbocycles. The minimum absolute atomic E-state index is 0.443. The molecular weight excluding hydrogens is 236 g/mol. The summed E-state index contributed by atoms with van der Waals surface area (Å²) < 4.78 is 24.8. The normalized spacial score (nSPS) is 11.5. The lowest BCUT2D eigenvalue weighted by Crippen LogP contribution is -2.30. The third-order valence-corrected chi connectivity index (χ3v) is 3.81. The average molecular weight is 256 g/mol. The Bertz CT molecular complexity index is 483. The number of benzene rings is 1. The Labute approximate surface area is 104 Å². The fraction of sp³-hybridized carbons (Fsp3) is 0.500. The van der Waals surface area contributed by atoms with Crippen molar-refractivity contribution in [1.29, 1.82) is 0 Å². The molecule has 96 valence electrons. The van der Waals surface area contributed by atoms with Gasteiger partial charge < -0.3 is 5.32 Å². The van der Waals surface area contributed by atoms with Gasteiger partial charge in [0.1, 0.15) is 0 Å². The summed E-state index contributed by atoms with van der Waals surface area (Å²) in [7, 11) is -1.37. The van der Waals surface area contributed by atoms with Gasteiger partial charge in [-0.1, -0.05) is 17.7 Å². The van der Waals surface area contributed by atoms with Crippen LogP contribution in [-0.2, 0) is 16.6 Å². The predicted octanol–water partition coefficient (Wildman–Crippen LogP) is 1.50. The van der Waals surface area contributed by atoms with Crippen LogP contribution in [0.25, 0.3) is 0 Å². The fourth-order valence-electron chi connectivity index (χ4n) is 1.87. The summed E-state index contributed by atoms with van der Waals surface area (Å²) in [5, 5.41) is 3.06. The lowest BCUT2D eigenvalue weighted by Gasteiger charge is -2.23. The third kappa shape index (κ3) is 3.44. The molecule has 0 atom stereocenters. The minimum atomic E-state index is -3.22. The number of hydrogen-bond acceptors (Lipinski definition) is 3. The highest BCUT2D eigenvalue weighted by Gasteiger charge is 2.18. The number of aryl methyl sites for hydroxylation is 1. The van der Waals surface area contributed by atoms with E-state index in [1.165, 1.54) is 10.6 Å². The molecule has 1 aromatic rings. The Balaban J connectivity index is 3.28. The topological polar surface area (TPSA) is 49.4 Å². The van der Waals surface area contributed by atoms with Crippen molar-refractivity contribution in [2.75, 3.05) is 24.2 Å². The molecule has 0 aromatic heterocycles. The first kappa shape index (κ1) is 14.0. The van der Waals surface area contributed by atoms with Crippen LogP contribution in [0.5, 0.6) is 0 Å². The molecule has 17 heavy (non-hydrogen) atoms. The molecular formula is C12H20N2O2S. The Hall–Kier alpha value is -1.07. The average Bonchev–Trinajstić information content (AvgIpc) is 2.20. The van der Waals surface area contributed by atoms with Gasteiger partial charge in [0.2, 0.25) is 10.0 Å². The summed E-state index contributed by atoms with van der Waals surface area (Å²) in [5.74, 6) is 0. The summed E-state index contributed by atoms with van der Waals surface area (Å²) in [6, 6.07) is 5.81. The standard InChI is InChI=1S/C12H20N2O2S/c1-5-14(17(4,15)16)12-7-6-10(2)8-11(12)9-13-3/h6-8,13H,5,9H2,1-4H3. The maximum absolute atomic E-state index is 11.7. The molecule has 0 amide bonds. The maximum Gasteiger partial charge on any atom is 0.232 e. The molecule has 0 unspecified atom stereocenters. The minimum Gasteiger partial charge on any atom is -0.316 e. The molecule has 0 spiro atoms. The molecule has 0 fully saturated rings. The maximum atomic E-state index is 11.7. The van der Waals surface area contributed by atoms with Crippen LogP contribution >= 0.6 is 0 Å². The van der Waals surface area contributed by atoms with Crippen LogP contribution in [-0.4, -0.2) is 28.3 Å². The van der Waals surface area contributed by atoms with E-state index in [9.17, 15) is 8.42 Å². The van der Waals surface area contributed by atoms with Crippen molar-refractivity contribution >= 4 is 15.7 Å². The molecule has 0 aliphatic heterocycles. The second kappa shape index (κ2) is 5.51. The Kier molecular flexibility index (Phi) is 4.54. The summed E-state index contributed by atoms with van der Waals surface area (Å²) >= 11 is 0. The second-order valence-electron chi connectivity index (χ2n) is 4.09. The fourth-order valence-corrected chi connectivity index (χ4v) is 2.88. The number of rotatable bonds is 5. The first-order valence-electron chi connectivity index (χ1n) is 5.62. The van der Waals surface area contributed by atoms with Gasteiger partial charge in [0.25, 0.3) is 0 Å². The smallest absolute Gasteiger partial charge is 0.232 e. The van der Waals surface area contributed by atoms with Gasteiger partial charge in [-0.3, -0.25) is 4.31 Å². The van der Waals surface area contributed by atoms with Gasteiger partial charge in [-0.25, -0.2) is 8.42 Å². The zero-order valence-corrected chi connectivity index (χ0v) is 11.6. The van der Waals surface area contributed by atoms with Crippen LogP contribution < -0.4 is 9.62 Å². The monoisotopic (exact) mass is 256 g/mol. The van der Waals surface area contributed by atoms with Crippen molar-refractivity contribution in [1.82, 2.24) is 5.32 Å². The quantitative estimate of drug-likeness (QED) is 0.868. The van der Waals surface area contributed by atoms with Gasteiger partial charge >= 0.3 is 0 Å². The van der Waals surface area contributed by atoms with Crippen molar-refractivity contribution < 1.29 is 8.42 Å². The van der Waals surface area contributed by atoms with E-state index in [0.717, 1.165) is 16.8 Å². The number of nitrogens with zero attached hydrogens (tertiary/aromatic N) is 1. The lowest BCUT2D eigenvalue weighted by atomic mass is 10.1. The van der Waals surface area contributed by atoms with Crippen LogP contribution in [0, 0.1) is 6.92 Å². The van der Waals surface area contributed by atoms with Crippen LogP contribution in [0.2, 0.25) is 0 Å². The Morgan fingerprint density at radius 3 is 2.47 bits per heavy atom. The zero-order valence-electron chi connectivity index (χ0n) is 10.8. The van der Waals surface area contributed by atoms with E-state index in [4.69, 9.17) is 0 Å². The van der Waals surface area contributed by atoms with E-state index in [-0.39, 0.29) is 0 Å². The van der Waals surface area contributed by atoms with Gasteiger partial charge in [0.15, 0.2) is 0 Å². The lowest BCUT2D eigenvalue weighted by molar-refractivity contribution is 0.597. The number of nitrogens with one attached hydrogen (secondary N) is 1. The molecule has 0 aliphatic carbocycles. The summed E-state index contributed by atoms with van der Waals surface area (Å²) in [4.78, 5) is 0. The van der Waals surface area contributed by atoms with Gasteiger partial charge in [-0.05, 0) is 32.5 Å². The van der Waals surface area contributed by atoms with Crippen LogP contribution in [0.4, 0.5) is 5.69 Å². The van der Waals surface area contributed by atoms with Crippen molar-refractivity contribution in [3.63, 3.8) is 0 Å². The molecule has 0 bridgehead atoms. The summed E-state index contributed by atoms with van der Waals surface area (Å²) in [6.07, 6.45) is 1.24. The third-order valence-electron chi connectivity index (χ3n) is 2.56. The van der Waals surface area contributed by atoms with E-state index in [1.54, 1.807) is 0 Å². The Morgan fingerprint density at radius 2 is 2.00 bits per heavy atom. The highest BCUT2D eigenvalue weighted by atomic mass is 32.2. The molecule has 0 aliphatic rings. The summed E-state index contributed by atoms with van der Waals surface area (Å²) in [6.45, 7) is 4.94. The zero-order chi connectivity index (χ0) is 13.1. The van der Waals surface area contributed by atoms with Crippen molar-refractivity contribution in [3.8, 4) is 0 Å². The molecule has 0 radical (unpaired) electrons. The highest BCUT2D eigenvalue weighted by molar-refractivity contribution is 7.92. The van der Waals surface area contributed by atoms with E-state index < -0.39 is 10.0 Å². The summed E-state index contributed by atoms with van der Waals surface area (Å²) in [5.41, 5.74) is 2.89. The van der Waals surface area contributed by atoms with E-state index in [1.807, 2.05) is 39.1 Å². The van der Waals surface area contributed by atoms with Crippen molar-refractivity contribution in [2.45, 2.75) is 20.4 Å². The van der Waals surface area contributed by atoms with Gasteiger partial charge in [-0.2, -0.15) is 0 Å². The molecule has 4 nitrogen and oxygen atoms in total. The van der Waals surface area contributed by atoms with Crippen LogP contribution in [0.3, 0.4) is 0 Å². The highest BCUT2D eigenvalue weighted by Crippen LogP contribution is 2.24. The molecule has 5 heteroatoms. The van der Waals surface area contributed by atoms with E-state index in [0.29, 0.717) is 13.1 Å². The molecule has 0 saturated heterocycles. The first-order chi connectivity index (χ1) is 7.90. The second-order valence-corrected chi connectivity index (χ2v) is 6.00. The van der Waals surface area contributed by atoms with Gasteiger partial charge in [-0.15, -0.1) is 0 Å². The molecule has 1 N–H and O–H groups in total. The van der Waals surface area contributed by atoms with Crippen molar-refractivity contribution in [3.05, 3.63) is 29.3 Å². The van der Waals surface area contributed by atoms with Crippen molar-refractivity contribution in [2.24, 2.45) is 0 Å². The number of sulfonamides is 1. The SMILES string of the molecule is CCN(c1ccc(C)cc1CNC)S(C)(=O)=O. The van der Waals surface area contributed by atoms with Crippen LogP contribution in [0.1, 0.15) is 18.1 Å². The van der Waals surface area contributed by atoms with Gasteiger partial charge in [0, 0.05) is 13.1 Å². The van der Waals surface area contributed by atoms with E-state index >= 15 is 0 Å². The van der Waals surface area contributed by atoms with Gasteiger partial charge in [0.05, 0.1) is 11.9 Å². The first-order valence-corrected chi connectivity index (χ1v) is 7.46. The van der Waals surface area contributed by atoms with Crippen LogP contribution in [0.15, 0.2) is 18.2 Å². The predicted molar refractivity (Wildman–Crippen MR) is 71.8 cm³/mol. The molecule has 1 rings (SSSR count). The largest absolute Gasteiger partial charge is 0.316 e. The molecule has 0 heterocycles. The van der Waals surface area contributed by atoms with E-state index in [2.05, 4.69) is 5.32 Å². The Morgan fingerprint density at radius 1 is 1.35 bits per heavy atom. The number of anilines is 1. The molecule has 1 aromatic carbocycles.